The molecule has 0 aliphatic rings. The summed E-state index contributed by atoms with van der Waals surface area (Å²) in [5.74, 6) is 0.836. The van der Waals surface area contributed by atoms with Crippen molar-refractivity contribution in [1.82, 2.24) is 9.97 Å². The SMILES string of the molecule is Cc1cc(Oc2ncnc(Nc3ccc(C(F)(F)F)cc3)c2N)cc(C)c1Cl. The molecular formula is C19H16ClF3N4O. The monoisotopic (exact) mass is 408 g/mol. The van der Waals surface area contributed by atoms with Gasteiger partial charge in [0, 0.05) is 10.7 Å². The predicted octanol–water partition coefficient (Wildman–Crippen LogP) is 5.88. The highest BCUT2D eigenvalue weighted by molar-refractivity contribution is 6.32. The number of benzene rings is 2. The number of halogens is 4. The fraction of sp³-hybridized carbons (Fsp3) is 0.158. The molecule has 0 bridgehead atoms. The van der Waals surface area contributed by atoms with Crippen molar-refractivity contribution in [2.24, 2.45) is 0 Å². The lowest BCUT2D eigenvalue weighted by atomic mass is 10.1. The number of alkyl halides is 3. The Bertz CT molecular complexity index is 984. The quantitative estimate of drug-likeness (QED) is 0.563. The van der Waals surface area contributed by atoms with E-state index in [4.69, 9.17) is 22.1 Å². The van der Waals surface area contributed by atoms with Crippen molar-refractivity contribution in [3.05, 3.63) is 64.4 Å². The molecule has 1 heterocycles. The molecule has 9 heteroatoms. The zero-order chi connectivity index (χ0) is 20.5. The molecule has 3 rings (SSSR count). The Morgan fingerprint density at radius 3 is 2.21 bits per heavy atom. The molecule has 0 atom stereocenters. The molecule has 0 spiro atoms. The third-order valence-corrected chi connectivity index (χ3v) is 4.54. The Hall–Kier alpha value is -3.00. The Labute approximate surface area is 164 Å². The molecule has 0 radical (unpaired) electrons. The molecule has 0 saturated heterocycles. The molecule has 146 valence electrons. The van der Waals surface area contributed by atoms with Crippen LogP contribution in [0.3, 0.4) is 0 Å². The van der Waals surface area contributed by atoms with E-state index in [9.17, 15) is 13.2 Å². The minimum absolute atomic E-state index is 0.116. The number of anilines is 3. The van der Waals surface area contributed by atoms with Gasteiger partial charge in [-0.25, -0.2) is 4.98 Å². The summed E-state index contributed by atoms with van der Waals surface area (Å²) >= 11 is 6.15. The van der Waals surface area contributed by atoms with Crippen LogP contribution in [0.2, 0.25) is 5.02 Å². The van der Waals surface area contributed by atoms with Gasteiger partial charge in [0.25, 0.3) is 0 Å². The van der Waals surface area contributed by atoms with Gasteiger partial charge in [0.15, 0.2) is 5.82 Å². The van der Waals surface area contributed by atoms with Gasteiger partial charge in [-0.05, 0) is 61.4 Å². The van der Waals surface area contributed by atoms with Gasteiger partial charge in [0.1, 0.15) is 17.8 Å². The van der Waals surface area contributed by atoms with Crippen LogP contribution in [0.1, 0.15) is 16.7 Å². The average Bonchev–Trinajstić information content (AvgIpc) is 2.63. The normalized spacial score (nSPS) is 11.4. The number of hydrogen-bond acceptors (Lipinski definition) is 5. The molecule has 28 heavy (non-hydrogen) atoms. The zero-order valence-electron chi connectivity index (χ0n) is 14.9. The highest BCUT2D eigenvalue weighted by atomic mass is 35.5. The van der Waals surface area contributed by atoms with Crippen LogP contribution in [0.25, 0.3) is 0 Å². The summed E-state index contributed by atoms with van der Waals surface area (Å²) in [5, 5.41) is 3.51. The van der Waals surface area contributed by atoms with E-state index in [2.05, 4.69) is 15.3 Å². The molecule has 0 aliphatic heterocycles. The van der Waals surface area contributed by atoms with E-state index in [1.165, 1.54) is 18.5 Å². The fourth-order valence-electron chi connectivity index (χ4n) is 2.52. The average molecular weight is 409 g/mol. The molecular weight excluding hydrogens is 393 g/mol. The van der Waals surface area contributed by atoms with Gasteiger partial charge in [0.2, 0.25) is 5.88 Å². The van der Waals surface area contributed by atoms with E-state index in [-0.39, 0.29) is 17.4 Å². The Morgan fingerprint density at radius 2 is 1.64 bits per heavy atom. The summed E-state index contributed by atoms with van der Waals surface area (Å²) in [5.41, 5.74) is 7.51. The number of nitrogens with one attached hydrogen (secondary N) is 1. The summed E-state index contributed by atoms with van der Waals surface area (Å²) in [6.45, 7) is 3.70. The van der Waals surface area contributed by atoms with Crippen molar-refractivity contribution >= 4 is 28.8 Å². The molecule has 3 aromatic rings. The topological polar surface area (TPSA) is 73.1 Å². The molecule has 5 nitrogen and oxygen atoms in total. The predicted molar refractivity (Wildman–Crippen MR) is 102 cm³/mol. The van der Waals surface area contributed by atoms with Gasteiger partial charge in [-0.3, -0.25) is 0 Å². The van der Waals surface area contributed by atoms with E-state index >= 15 is 0 Å². The van der Waals surface area contributed by atoms with Crippen molar-refractivity contribution in [2.75, 3.05) is 11.1 Å². The van der Waals surface area contributed by atoms with Crippen LogP contribution < -0.4 is 15.8 Å². The molecule has 3 N–H and O–H groups in total. The number of hydrogen-bond donors (Lipinski definition) is 2. The van der Waals surface area contributed by atoms with Crippen molar-refractivity contribution in [1.29, 1.82) is 0 Å². The number of aryl methyl sites for hydroxylation is 2. The number of ether oxygens (including phenoxy) is 1. The van der Waals surface area contributed by atoms with Gasteiger partial charge < -0.3 is 15.8 Å². The third-order valence-electron chi connectivity index (χ3n) is 3.95. The standard InChI is InChI=1S/C19H16ClF3N4O/c1-10-7-14(8-11(2)15(10)20)28-18-16(24)17(25-9-26-18)27-13-5-3-12(4-6-13)19(21,22)23/h3-9H,24H2,1-2H3,(H,25,26,27). The maximum atomic E-state index is 12.7. The van der Waals surface area contributed by atoms with Crippen LogP contribution in [0.15, 0.2) is 42.7 Å². The fourth-order valence-corrected chi connectivity index (χ4v) is 2.63. The molecule has 2 aromatic carbocycles. The number of nitrogen functional groups attached to an aromatic ring is 1. The lowest BCUT2D eigenvalue weighted by Crippen LogP contribution is -2.05. The minimum Gasteiger partial charge on any atom is -0.437 e. The van der Waals surface area contributed by atoms with Crippen molar-refractivity contribution < 1.29 is 17.9 Å². The van der Waals surface area contributed by atoms with Crippen molar-refractivity contribution in [3.8, 4) is 11.6 Å². The lowest BCUT2D eigenvalue weighted by Gasteiger charge is -2.13. The van der Waals surface area contributed by atoms with Crippen LogP contribution in [0.4, 0.5) is 30.4 Å². The van der Waals surface area contributed by atoms with E-state index < -0.39 is 11.7 Å². The van der Waals surface area contributed by atoms with E-state index in [0.29, 0.717) is 16.5 Å². The lowest BCUT2D eigenvalue weighted by molar-refractivity contribution is -0.137. The number of aromatic nitrogens is 2. The van der Waals surface area contributed by atoms with E-state index in [1.807, 2.05) is 13.8 Å². The highest BCUT2D eigenvalue weighted by Gasteiger charge is 2.30. The molecule has 0 fully saturated rings. The molecule has 0 aliphatic carbocycles. The molecule has 0 unspecified atom stereocenters. The van der Waals surface area contributed by atoms with Gasteiger partial charge in [-0.15, -0.1) is 0 Å². The summed E-state index contributed by atoms with van der Waals surface area (Å²) in [4.78, 5) is 8.05. The van der Waals surface area contributed by atoms with E-state index in [0.717, 1.165) is 23.3 Å². The zero-order valence-corrected chi connectivity index (χ0v) is 15.7. The Kier molecular flexibility index (Phi) is 5.33. The van der Waals surface area contributed by atoms with E-state index in [1.54, 1.807) is 12.1 Å². The van der Waals surface area contributed by atoms with Crippen LogP contribution >= 0.6 is 11.6 Å². The molecule has 0 saturated carbocycles. The van der Waals surface area contributed by atoms with Crippen molar-refractivity contribution in [2.45, 2.75) is 20.0 Å². The summed E-state index contributed by atoms with van der Waals surface area (Å²) < 4.78 is 43.7. The highest BCUT2D eigenvalue weighted by Crippen LogP contribution is 2.34. The Morgan fingerprint density at radius 1 is 1.04 bits per heavy atom. The van der Waals surface area contributed by atoms with Crippen LogP contribution in [0.5, 0.6) is 11.6 Å². The maximum absolute atomic E-state index is 12.7. The first-order valence-electron chi connectivity index (χ1n) is 8.14. The molecule has 0 amide bonds. The van der Waals surface area contributed by atoms with Gasteiger partial charge in [0.05, 0.1) is 5.56 Å². The van der Waals surface area contributed by atoms with Crippen LogP contribution in [-0.4, -0.2) is 9.97 Å². The second kappa shape index (κ2) is 7.55. The summed E-state index contributed by atoms with van der Waals surface area (Å²) in [6.07, 6.45) is -3.16. The summed E-state index contributed by atoms with van der Waals surface area (Å²) in [7, 11) is 0. The maximum Gasteiger partial charge on any atom is 0.416 e. The first kappa shape index (κ1) is 19.8. The van der Waals surface area contributed by atoms with Gasteiger partial charge in [-0.2, -0.15) is 18.2 Å². The number of rotatable bonds is 4. The van der Waals surface area contributed by atoms with Crippen LogP contribution in [0, 0.1) is 13.8 Å². The smallest absolute Gasteiger partial charge is 0.416 e. The first-order chi connectivity index (χ1) is 13.1. The second-order valence-corrected chi connectivity index (χ2v) is 6.49. The molecule has 1 aromatic heterocycles. The second-order valence-electron chi connectivity index (χ2n) is 6.11. The number of nitrogens with two attached hydrogens (primary N) is 1. The summed E-state index contributed by atoms with van der Waals surface area (Å²) in [6, 6.07) is 8.01. The van der Waals surface area contributed by atoms with Crippen LogP contribution in [-0.2, 0) is 6.18 Å². The van der Waals surface area contributed by atoms with Gasteiger partial charge >= 0.3 is 6.18 Å². The largest absolute Gasteiger partial charge is 0.437 e. The van der Waals surface area contributed by atoms with Gasteiger partial charge in [-0.1, -0.05) is 11.6 Å². The third kappa shape index (κ3) is 4.28. The minimum atomic E-state index is -4.40. The Balaban J connectivity index is 1.83. The van der Waals surface area contributed by atoms with Crippen molar-refractivity contribution in [3.63, 3.8) is 0 Å². The number of nitrogens with zero attached hydrogens (tertiary/aromatic N) is 2. The first-order valence-corrected chi connectivity index (χ1v) is 8.52.